The van der Waals surface area contributed by atoms with Crippen molar-refractivity contribution >= 4 is 12.0 Å². The molecule has 94 valence electrons. The SMILES string of the molecule is CC(C)OCCN(C)c1c(F)cccc1C=O. The van der Waals surface area contributed by atoms with E-state index in [1.807, 2.05) is 13.8 Å². The van der Waals surface area contributed by atoms with Gasteiger partial charge in [-0.25, -0.2) is 4.39 Å². The minimum absolute atomic E-state index is 0.148. The highest BCUT2D eigenvalue weighted by Crippen LogP contribution is 2.21. The molecule has 17 heavy (non-hydrogen) atoms. The Morgan fingerprint density at radius 2 is 2.18 bits per heavy atom. The van der Waals surface area contributed by atoms with Gasteiger partial charge in [0.2, 0.25) is 0 Å². The first kappa shape index (κ1) is 13.6. The van der Waals surface area contributed by atoms with Crippen LogP contribution in [0.25, 0.3) is 0 Å². The van der Waals surface area contributed by atoms with Crippen LogP contribution in [0.4, 0.5) is 10.1 Å². The average molecular weight is 239 g/mol. The first-order valence-electron chi connectivity index (χ1n) is 5.62. The van der Waals surface area contributed by atoms with Gasteiger partial charge in [0.1, 0.15) is 5.82 Å². The van der Waals surface area contributed by atoms with Crippen LogP contribution in [0.1, 0.15) is 24.2 Å². The van der Waals surface area contributed by atoms with Gasteiger partial charge in [-0.15, -0.1) is 0 Å². The predicted octanol–water partition coefficient (Wildman–Crippen LogP) is 2.50. The third-order valence-electron chi connectivity index (χ3n) is 2.40. The Kier molecular flexibility index (Phi) is 5.10. The zero-order valence-corrected chi connectivity index (χ0v) is 10.4. The Hall–Kier alpha value is -1.42. The van der Waals surface area contributed by atoms with Crippen molar-refractivity contribution in [2.45, 2.75) is 20.0 Å². The van der Waals surface area contributed by atoms with Crippen molar-refractivity contribution < 1.29 is 13.9 Å². The van der Waals surface area contributed by atoms with Crippen LogP contribution >= 0.6 is 0 Å². The second kappa shape index (κ2) is 6.35. The number of benzene rings is 1. The molecule has 0 saturated heterocycles. The number of para-hydroxylation sites is 1. The van der Waals surface area contributed by atoms with Gasteiger partial charge >= 0.3 is 0 Å². The summed E-state index contributed by atoms with van der Waals surface area (Å²) in [6, 6.07) is 4.48. The summed E-state index contributed by atoms with van der Waals surface area (Å²) in [5.74, 6) is -0.387. The van der Waals surface area contributed by atoms with Crippen LogP contribution in [0, 0.1) is 5.82 Å². The van der Waals surface area contributed by atoms with E-state index in [4.69, 9.17) is 4.74 Å². The van der Waals surface area contributed by atoms with Gasteiger partial charge in [0.25, 0.3) is 0 Å². The van der Waals surface area contributed by atoms with Crippen molar-refractivity contribution in [1.29, 1.82) is 0 Å². The van der Waals surface area contributed by atoms with E-state index < -0.39 is 0 Å². The number of likely N-dealkylation sites (N-methyl/N-ethyl adjacent to an activating group) is 1. The van der Waals surface area contributed by atoms with E-state index >= 15 is 0 Å². The lowest BCUT2D eigenvalue weighted by atomic mass is 10.1. The Labute approximate surface area is 101 Å². The normalized spacial score (nSPS) is 10.6. The van der Waals surface area contributed by atoms with Gasteiger partial charge in [-0.2, -0.15) is 0 Å². The summed E-state index contributed by atoms with van der Waals surface area (Å²) in [6.45, 7) is 4.93. The summed E-state index contributed by atoms with van der Waals surface area (Å²) in [6.07, 6.45) is 0.813. The van der Waals surface area contributed by atoms with Gasteiger partial charge in [-0.05, 0) is 26.0 Å². The zero-order valence-electron chi connectivity index (χ0n) is 10.4. The van der Waals surface area contributed by atoms with Gasteiger partial charge < -0.3 is 9.64 Å². The molecule has 0 aliphatic carbocycles. The van der Waals surface area contributed by atoms with E-state index in [0.717, 1.165) is 0 Å². The molecule has 4 heteroatoms. The molecule has 0 aliphatic heterocycles. The maximum absolute atomic E-state index is 13.6. The van der Waals surface area contributed by atoms with Crippen molar-refractivity contribution in [2.24, 2.45) is 0 Å². The van der Waals surface area contributed by atoms with Crippen molar-refractivity contribution in [3.8, 4) is 0 Å². The number of carbonyl (C=O) groups excluding carboxylic acids is 1. The predicted molar refractivity (Wildman–Crippen MR) is 66.1 cm³/mol. The van der Waals surface area contributed by atoms with Crippen LogP contribution in [0.2, 0.25) is 0 Å². The molecular weight excluding hydrogens is 221 g/mol. The largest absolute Gasteiger partial charge is 0.377 e. The number of aldehydes is 1. The van der Waals surface area contributed by atoms with E-state index in [1.165, 1.54) is 12.1 Å². The van der Waals surface area contributed by atoms with Crippen molar-refractivity contribution in [1.82, 2.24) is 0 Å². The first-order chi connectivity index (χ1) is 8.06. The van der Waals surface area contributed by atoms with Gasteiger partial charge in [0.05, 0.1) is 18.4 Å². The molecule has 3 nitrogen and oxygen atoms in total. The van der Waals surface area contributed by atoms with Crippen LogP contribution in [-0.4, -0.2) is 32.6 Å². The van der Waals surface area contributed by atoms with Crippen LogP contribution in [0.3, 0.4) is 0 Å². The van der Waals surface area contributed by atoms with E-state index in [9.17, 15) is 9.18 Å². The number of nitrogens with zero attached hydrogens (tertiary/aromatic N) is 1. The lowest BCUT2D eigenvalue weighted by Gasteiger charge is -2.22. The van der Waals surface area contributed by atoms with E-state index in [1.54, 1.807) is 18.0 Å². The van der Waals surface area contributed by atoms with E-state index in [-0.39, 0.29) is 11.9 Å². The molecular formula is C13H18FNO2. The third kappa shape index (κ3) is 3.82. The minimum Gasteiger partial charge on any atom is -0.377 e. The third-order valence-corrected chi connectivity index (χ3v) is 2.40. The lowest BCUT2D eigenvalue weighted by molar-refractivity contribution is 0.0845. The number of hydrogen-bond acceptors (Lipinski definition) is 3. The number of halogens is 1. The molecule has 0 atom stereocenters. The fraction of sp³-hybridized carbons (Fsp3) is 0.462. The molecule has 1 aromatic carbocycles. The van der Waals surface area contributed by atoms with Crippen LogP contribution in [0.5, 0.6) is 0 Å². The summed E-state index contributed by atoms with van der Waals surface area (Å²) in [5.41, 5.74) is 0.687. The minimum atomic E-state index is -0.387. The quantitative estimate of drug-likeness (QED) is 0.714. The highest BCUT2D eigenvalue weighted by molar-refractivity contribution is 5.84. The number of carbonyl (C=O) groups is 1. The maximum atomic E-state index is 13.6. The molecule has 0 aliphatic rings. The molecule has 1 aromatic rings. The average Bonchev–Trinajstić information content (AvgIpc) is 2.27. The van der Waals surface area contributed by atoms with Gasteiger partial charge in [-0.3, -0.25) is 4.79 Å². The summed E-state index contributed by atoms with van der Waals surface area (Å²) in [7, 11) is 1.75. The van der Waals surface area contributed by atoms with Crippen molar-refractivity contribution in [3.05, 3.63) is 29.6 Å². The number of rotatable bonds is 6. The zero-order chi connectivity index (χ0) is 12.8. The molecule has 0 N–H and O–H groups in total. The summed E-state index contributed by atoms with van der Waals surface area (Å²) in [5, 5.41) is 0. The Bertz CT molecular complexity index is 380. The lowest BCUT2D eigenvalue weighted by Crippen LogP contribution is -2.25. The summed E-state index contributed by atoms with van der Waals surface area (Å²) < 4.78 is 19.0. The Morgan fingerprint density at radius 1 is 1.47 bits per heavy atom. The summed E-state index contributed by atoms with van der Waals surface area (Å²) in [4.78, 5) is 12.5. The van der Waals surface area contributed by atoms with Gasteiger partial charge in [0.15, 0.2) is 6.29 Å². The molecule has 0 radical (unpaired) electrons. The number of hydrogen-bond donors (Lipinski definition) is 0. The van der Waals surface area contributed by atoms with Crippen LogP contribution in [-0.2, 0) is 4.74 Å². The molecule has 0 unspecified atom stereocenters. The van der Waals surface area contributed by atoms with Crippen LogP contribution < -0.4 is 4.90 Å². The number of ether oxygens (including phenoxy) is 1. The Morgan fingerprint density at radius 3 is 2.76 bits per heavy atom. The molecule has 1 rings (SSSR count). The molecule has 0 bridgehead atoms. The standard InChI is InChI=1S/C13H18FNO2/c1-10(2)17-8-7-15(3)13-11(9-16)5-4-6-12(13)14/h4-6,9-10H,7-8H2,1-3H3. The second-order valence-electron chi connectivity index (χ2n) is 4.14. The molecule has 0 aromatic heterocycles. The number of anilines is 1. The monoisotopic (exact) mass is 239 g/mol. The topological polar surface area (TPSA) is 29.5 Å². The fourth-order valence-electron chi connectivity index (χ4n) is 1.57. The van der Waals surface area contributed by atoms with Crippen molar-refractivity contribution in [2.75, 3.05) is 25.1 Å². The molecule has 0 amide bonds. The van der Waals surface area contributed by atoms with Gasteiger partial charge in [0, 0.05) is 19.2 Å². The Balaban J connectivity index is 2.74. The maximum Gasteiger partial charge on any atom is 0.152 e. The molecule has 0 spiro atoms. The smallest absolute Gasteiger partial charge is 0.152 e. The summed E-state index contributed by atoms with van der Waals surface area (Å²) >= 11 is 0. The highest BCUT2D eigenvalue weighted by atomic mass is 19.1. The van der Waals surface area contributed by atoms with E-state index in [0.29, 0.717) is 30.7 Å². The molecule has 0 heterocycles. The van der Waals surface area contributed by atoms with Gasteiger partial charge in [-0.1, -0.05) is 6.07 Å². The molecule has 0 fully saturated rings. The highest BCUT2D eigenvalue weighted by Gasteiger charge is 2.12. The second-order valence-corrected chi connectivity index (χ2v) is 4.14. The van der Waals surface area contributed by atoms with E-state index in [2.05, 4.69) is 0 Å². The molecule has 0 saturated carbocycles. The fourth-order valence-corrected chi connectivity index (χ4v) is 1.57. The first-order valence-corrected chi connectivity index (χ1v) is 5.62. The van der Waals surface area contributed by atoms with Crippen LogP contribution in [0.15, 0.2) is 18.2 Å². The van der Waals surface area contributed by atoms with Crippen molar-refractivity contribution in [3.63, 3.8) is 0 Å².